The molecule has 0 unspecified atom stereocenters. The summed E-state index contributed by atoms with van der Waals surface area (Å²) in [5.41, 5.74) is 3.53. The fraction of sp³-hybridized carbons (Fsp3) is 0.176. The van der Waals surface area contributed by atoms with E-state index in [0.717, 1.165) is 12.0 Å². The van der Waals surface area contributed by atoms with Crippen molar-refractivity contribution in [1.82, 2.24) is 9.55 Å². The Hall–Kier alpha value is -2.62. The molecule has 0 fully saturated rings. The number of nitrogens with zero attached hydrogens (tertiary/aromatic N) is 2. The number of hydrogen-bond donors (Lipinski definition) is 1. The smallest absolute Gasteiger partial charge is 0.354 e. The Kier molecular flexibility index (Phi) is 3.44. The minimum atomic E-state index is -0.997. The molecular formula is C17H16N2O2. The predicted octanol–water partition coefficient (Wildman–Crippen LogP) is 3.35. The van der Waals surface area contributed by atoms with Crippen LogP contribution in [0.25, 0.3) is 10.9 Å². The van der Waals surface area contributed by atoms with E-state index in [-0.39, 0.29) is 5.69 Å². The molecule has 2 heterocycles. The Morgan fingerprint density at radius 2 is 2.14 bits per heavy atom. The molecule has 2 aromatic heterocycles. The Morgan fingerprint density at radius 3 is 2.90 bits per heavy atom. The minimum Gasteiger partial charge on any atom is -0.477 e. The van der Waals surface area contributed by atoms with Crippen LogP contribution in [0.3, 0.4) is 0 Å². The van der Waals surface area contributed by atoms with Crippen LogP contribution in [-0.4, -0.2) is 20.6 Å². The van der Waals surface area contributed by atoms with Gasteiger partial charge in [-0.25, -0.2) is 9.78 Å². The fourth-order valence-electron chi connectivity index (χ4n) is 2.64. The molecule has 0 aliphatic carbocycles. The lowest BCUT2D eigenvalue weighted by Crippen LogP contribution is -2.04. The van der Waals surface area contributed by atoms with Gasteiger partial charge in [0.05, 0.1) is 5.52 Å². The zero-order chi connectivity index (χ0) is 14.8. The third kappa shape index (κ3) is 2.52. The van der Waals surface area contributed by atoms with Crippen molar-refractivity contribution in [2.45, 2.75) is 19.9 Å². The molecule has 1 aromatic carbocycles. The van der Waals surface area contributed by atoms with E-state index in [1.165, 1.54) is 16.5 Å². The molecule has 0 saturated carbocycles. The van der Waals surface area contributed by atoms with E-state index < -0.39 is 5.97 Å². The van der Waals surface area contributed by atoms with Crippen molar-refractivity contribution in [3.8, 4) is 0 Å². The highest BCUT2D eigenvalue weighted by Gasteiger charge is 2.08. The number of carbonyl (C=O) groups is 1. The number of aromatic nitrogens is 2. The number of carboxylic acid groups (broad SMARTS) is 1. The molecule has 0 bridgehead atoms. The number of benzene rings is 1. The molecule has 106 valence electrons. The van der Waals surface area contributed by atoms with E-state index in [1.54, 1.807) is 12.3 Å². The first-order valence-corrected chi connectivity index (χ1v) is 6.94. The van der Waals surface area contributed by atoms with Gasteiger partial charge in [-0.3, -0.25) is 0 Å². The van der Waals surface area contributed by atoms with E-state index in [1.807, 2.05) is 12.3 Å². The molecule has 1 N–H and O–H groups in total. The molecule has 0 saturated heterocycles. The lowest BCUT2D eigenvalue weighted by atomic mass is 10.1. The van der Waals surface area contributed by atoms with Crippen molar-refractivity contribution in [1.29, 1.82) is 0 Å². The number of fused-ring (bicyclic) bond motifs is 1. The van der Waals surface area contributed by atoms with Gasteiger partial charge in [0, 0.05) is 18.9 Å². The number of hydrogen-bond acceptors (Lipinski definition) is 2. The molecule has 0 spiro atoms. The Morgan fingerprint density at radius 1 is 1.29 bits per heavy atom. The highest BCUT2D eigenvalue weighted by Crippen LogP contribution is 2.22. The van der Waals surface area contributed by atoms with Gasteiger partial charge in [0.25, 0.3) is 0 Å². The Bertz CT molecular complexity index is 805. The van der Waals surface area contributed by atoms with Crippen molar-refractivity contribution in [3.63, 3.8) is 0 Å². The molecule has 4 heteroatoms. The van der Waals surface area contributed by atoms with E-state index in [0.29, 0.717) is 6.54 Å². The summed E-state index contributed by atoms with van der Waals surface area (Å²) in [6, 6.07) is 11.9. The monoisotopic (exact) mass is 280 g/mol. The molecule has 0 atom stereocenters. The summed E-state index contributed by atoms with van der Waals surface area (Å²) in [4.78, 5) is 14.9. The van der Waals surface area contributed by atoms with Crippen LogP contribution in [0, 0.1) is 0 Å². The zero-order valence-corrected chi connectivity index (χ0v) is 11.8. The summed E-state index contributed by atoms with van der Waals surface area (Å²) in [7, 11) is 0. The summed E-state index contributed by atoms with van der Waals surface area (Å²) < 4.78 is 2.16. The van der Waals surface area contributed by atoms with E-state index in [4.69, 9.17) is 5.11 Å². The first kappa shape index (κ1) is 13.4. The van der Waals surface area contributed by atoms with Crippen LogP contribution in [0.5, 0.6) is 0 Å². The topological polar surface area (TPSA) is 55.1 Å². The van der Waals surface area contributed by atoms with Gasteiger partial charge in [-0.1, -0.05) is 25.1 Å². The molecule has 0 radical (unpaired) electrons. The van der Waals surface area contributed by atoms with Crippen LogP contribution in [0.4, 0.5) is 0 Å². The third-order valence-corrected chi connectivity index (χ3v) is 3.65. The molecule has 4 nitrogen and oxygen atoms in total. The van der Waals surface area contributed by atoms with Crippen molar-refractivity contribution in [3.05, 3.63) is 65.6 Å². The van der Waals surface area contributed by atoms with Crippen LogP contribution >= 0.6 is 0 Å². The van der Waals surface area contributed by atoms with E-state index >= 15 is 0 Å². The summed E-state index contributed by atoms with van der Waals surface area (Å²) in [6.07, 6.45) is 4.56. The van der Waals surface area contributed by atoms with Crippen LogP contribution < -0.4 is 0 Å². The maximum atomic E-state index is 11.0. The van der Waals surface area contributed by atoms with Gasteiger partial charge in [-0.05, 0) is 41.1 Å². The first-order chi connectivity index (χ1) is 10.2. The molecule has 3 aromatic rings. The Balaban J connectivity index is 2.02. The number of aryl methyl sites for hydroxylation is 1. The van der Waals surface area contributed by atoms with E-state index in [2.05, 4.69) is 40.7 Å². The molecule has 0 amide bonds. The second kappa shape index (κ2) is 5.40. The van der Waals surface area contributed by atoms with Gasteiger partial charge in [0.15, 0.2) is 0 Å². The summed E-state index contributed by atoms with van der Waals surface area (Å²) >= 11 is 0. The number of pyridine rings is 1. The second-order valence-electron chi connectivity index (χ2n) is 5.01. The maximum absolute atomic E-state index is 11.0. The summed E-state index contributed by atoms with van der Waals surface area (Å²) in [6.45, 7) is 2.78. The van der Waals surface area contributed by atoms with Crippen molar-refractivity contribution in [2.24, 2.45) is 0 Å². The number of para-hydroxylation sites is 1. The number of rotatable bonds is 4. The van der Waals surface area contributed by atoms with Crippen LogP contribution in [0.15, 0.2) is 48.8 Å². The predicted molar refractivity (Wildman–Crippen MR) is 81.6 cm³/mol. The van der Waals surface area contributed by atoms with Crippen molar-refractivity contribution in [2.75, 3.05) is 0 Å². The van der Waals surface area contributed by atoms with Gasteiger partial charge in [0.1, 0.15) is 5.69 Å². The minimum absolute atomic E-state index is 0.0830. The highest BCUT2D eigenvalue weighted by atomic mass is 16.4. The largest absolute Gasteiger partial charge is 0.477 e. The Labute approximate surface area is 122 Å². The molecule has 0 aliphatic heterocycles. The van der Waals surface area contributed by atoms with Gasteiger partial charge < -0.3 is 9.67 Å². The lowest BCUT2D eigenvalue weighted by Gasteiger charge is -2.09. The molecule has 21 heavy (non-hydrogen) atoms. The van der Waals surface area contributed by atoms with Crippen LogP contribution in [-0.2, 0) is 13.0 Å². The number of carboxylic acids is 1. The van der Waals surface area contributed by atoms with Gasteiger partial charge >= 0.3 is 5.97 Å². The fourth-order valence-corrected chi connectivity index (χ4v) is 2.64. The summed E-state index contributed by atoms with van der Waals surface area (Å²) in [5, 5.41) is 10.2. The average Bonchev–Trinajstić information content (AvgIpc) is 2.91. The average molecular weight is 280 g/mol. The number of aromatic carboxylic acids is 1. The van der Waals surface area contributed by atoms with Gasteiger partial charge in [0.2, 0.25) is 0 Å². The zero-order valence-electron chi connectivity index (χ0n) is 11.8. The second-order valence-corrected chi connectivity index (χ2v) is 5.01. The normalized spacial score (nSPS) is 10.9. The first-order valence-electron chi connectivity index (χ1n) is 6.94. The van der Waals surface area contributed by atoms with E-state index in [9.17, 15) is 4.79 Å². The molecule has 3 rings (SSSR count). The van der Waals surface area contributed by atoms with Gasteiger partial charge in [-0.2, -0.15) is 0 Å². The highest BCUT2D eigenvalue weighted by molar-refractivity contribution is 5.85. The molecule has 0 aliphatic rings. The summed E-state index contributed by atoms with van der Waals surface area (Å²) in [5.74, 6) is -0.997. The quantitative estimate of drug-likeness (QED) is 0.797. The maximum Gasteiger partial charge on any atom is 0.354 e. The van der Waals surface area contributed by atoms with Crippen molar-refractivity contribution < 1.29 is 9.90 Å². The van der Waals surface area contributed by atoms with Gasteiger partial charge in [-0.15, -0.1) is 0 Å². The van der Waals surface area contributed by atoms with Crippen molar-refractivity contribution >= 4 is 16.9 Å². The van der Waals surface area contributed by atoms with Crippen LogP contribution in [0.1, 0.15) is 28.5 Å². The third-order valence-electron chi connectivity index (χ3n) is 3.65. The molecular weight excluding hydrogens is 264 g/mol. The lowest BCUT2D eigenvalue weighted by molar-refractivity contribution is 0.0690. The standard InChI is InChI=1S/C17H16N2O2/c1-2-13-4-3-5-14-7-9-19(16(13)14)11-12-6-8-18-15(10-12)17(20)21/h3-10H,2,11H2,1H3,(H,20,21). The van der Waals surface area contributed by atoms with Crippen LogP contribution in [0.2, 0.25) is 0 Å². The SMILES string of the molecule is CCc1cccc2ccn(Cc3ccnc(C(=O)O)c3)c12.